The second-order valence-corrected chi connectivity index (χ2v) is 3.67. The molecule has 0 bridgehead atoms. The molecule has 0 aromatic rings. The molecule has 0 amide bonds. The number of halogens is 1. The highest BCUT2D eigenvalue weighted by molar-refractivity contribution is 7.83. The van der Waals surface area contributed by atoms with Gasteiger partial charge < -0.3 is 4.74 Å². The normalized spacial score (nSPS) is 11.0. The Morgan fingerprint density at radius 1 is 1.29 bits per heavy atom. The quantitative estimate of drug-likeness (QED) is 0.650. The van der Waals surface area contributed by atoms with Gasteiger partial charge in [-0.05, 0) is 6.42 Å². The largest absolute Gasteiger partial charge is 0.383 e. The fraction of sp³-hybridized carbons (Fsp3) is 1.00. The summed E-state index contributed by atoms with van der Waals surface area (Å²) in [6.07, 6.45) is 0.590. The third-order valence-electron chi connectivity index (χ3n) is 1.33. The lowest BCUT2D eigenvalue weighted by Crippen LogP contribution is -2.31. The van der Waals surface area contributed by atoms with E-state index in [-0.39, 0.29) is 19.7 Å². The standard InChI is InChI=1S/C6H14FNO3S.C2H6/c1-3-4-8(5-6-11-2)12(7,9)10;1-2/h3-6H2,1-2H3;1-2H3. The predicted molar refractivity (Wildman–Crippen MR) is 55.1 cm³/mol. The molecule has 0 radical (unpaired) electrons. The van der Waals surface area contributed by atoms with Gasteiger partial charge in [0.05, 0.1) is 6.61 Å². The van der Waals surface area contributed by atoms with Crippen LogP contribution in [0.15, 0.2) is 0 Å². The van der Waals surface area contributed by atoms with Gasteiger partial charge in [-0.15, -0.1) is 0 Å². The van der Waals surface area contributed by atoms with Crippen molar-refractivity contribution in [2.45, 2.75) is 27.2 Å². The molecule has 0 fully saturated rings. The molecule has 88 valence electrons. The fourth-order valence-electron chi connectivity index (χ4n) is 0.772. The van der Waals surface area contributed by atoms with E-state index in [0.717, 1.165) is 4.31 Å². The van der Waals surface area contributed by atoms with Crippen LogP contribution in [-0.2, 0) is 15.1 Å². The van der Waals surface area contributed by atoms with Gasteiger partial charge in [0.1, 0.15) is 0 Å². The Morgan fingerprint density at radius 2 is 1.79 bits per heavy atom. The molecule has 0 N–H and O–H groups in total. The van der Waals surface area contributed by atoms with Gasteiger partial charge in [0.15, 0.2) is 0 Å². The lowest BCUT2D eigenvalue weighted by Gasteiger charge is -2.14. The van der Waals surface area contributed by atoms with E-state index in [1.807, 2.05) is 13.8 Å². The van der Waals surface area contributed by atoms with Gasteiger partial charge in [-0.1, -0.05) is 24.7 Å². The summed E-state index contributed by atoms with van der Waals surface area (Å²) in [5, 5.41) is 0. The summed E-state index contributed by atoms with van der Waals surface area (Å²) in [5.41, 5.74) is 0. The van der Waals surface area contributed by atoms with Crippen molar-refractivity contribution >= 4 is 10.4 Å². The Balaban J connectivity index is 0. The van der Waals surface area contributed by atoms with Crippen molar-refractivity contribution in [1.82, 2.24) is 4.31 Å². The third-order valence-corrected chi connectivity index (χ3v) is 2.31. The first-order valence-electron chi connectivity index (χ1n) is 4.71. The molecule has 0 aliphatic carbocycles. The molecule has 14 heavy (non-hydrogen) atoms. The topological polar surface area (TPSA) is 46.6 Å². The number of hydrogen-bond donors (Lipinski definition) is 0. The second kappa shape index (κ2) is 9.36. The molecule has 0 aromatic heterocycles. The minimum Gasteiger partial charge on any atom is -0.383 e. The highest BCUT2D eigenvalue weighted by atomic mass is 32.3. The summed E-state index contributed by atoms with van der Waals surface area (Å²) in [6, 6.07) is 0. The van der Waals surface area contributed by atoms with Crippen molar-refractivity contribution in [3.8, 4) is 0 Å². The first-order valence-corrected chi connectivity index (χ1v) is 6.05. The Bertz CT molecular complexity index is 207. The average Bonchev–Trinajstić information content (AvgIpc) is 2.14. The van der Waals surface area contributed by atoms with E-state index < -0.39 is 10.4 Å². The van der Waals surface area contributed by atoms with Crippen LogP contribution in [0.1, 0.15) is 27.2 Å². The minimum atomic E-state index is -4.55. The van der Waals surface area contributed by atoms with Crippen molar-refractivity contribution in [2.75, 3.05) is 26.8 Å². The number of ether oxygens (including phenoxy) is 1. The Kier molecular flexibility index (Phi) is 10.9. The van der Waals surface area contributed by atoms with Crippen molar-refractivity contribution in [1.29, 1.82) is 0 Å². The molecule has 0 unspecified atom stereocenters. The molecule has 0 rings (SSSR count). The van der Waals surface area contributed by atoms with Crippen LogP contribution in [-0.4, -0.2) is 39.5 Å². The summed E-state index contributed by atoms with van der Waals surface area (Å²) in [4.78, 5) is 0. The van der Waals surface area contributed by atoms with Gasteiger partial charge in [-0.2, -0.15) is 12.7 Å². The van der Waals surface area contributed by atoms with Gasteiger partial charge >= 0.3 is 10.4 Å². The van der Waals surface area contributed by atoms with Crippen LogP contribution >= 0.6 is 0 Å². The Morgan fingerprint density at radius 3 is 2.07 bits per heavy atom. The molecule has 0 aliphatic rings. The van der Waals surface area contributed by atoms with Crippen molar-refractivity contribution in [2.24, 2.45) is 0 Å². The number of rotatable bonds is 6. The summed E-state index contributed by atoms with van der Waals surface area (Å²) >= 11 is 0. The highest BCUT2D eigenvalue weighted by Crippen LogP contribution is 2.02. The summed E-state index contributed by atoms with van der Waals surface area (Å²) in [6.45, 7) is 6.26. The maximum Gasteiger partial charge on any atom is 0.374 e. The molecule has 0 aromatic carbocycles. The van der Waals surface area contributed by atoms with Crippen molar-refractivity contribution in [3.05, 3.63) is 0 Å². The SMILES string of the molecule is CC.CCCN(CCOC)S(=O)(=O)F. The van der Waals surface area contributed by atoms with E-state index >= 15 is 0 Å². The van der Waals surface area contributed by atoms with E-state index in [2.05, 4.69) is 4.74 Å². The fourth-order valence-corrected chi connectivity index (χ4v) is 1.47. The van der Waals surface area contributed by atoms with Gasteiger partial charge in [-0.3, -0.25) is 0 Å². The third kappa shape index (κ3) is 8.40. The molecular weight excluding hydrogens is 209 g/mol. The molecule has 0 saturated heterocycles. The zero-order chi connectivity index (χ0) is 11.6. The van der Waals surface area contributed by atoms with Crippen LogP contribution in [0.3, 0.4) is 0 Å². The lowest BCUT2D eigenvalue weighted by molar-refractivity contribution is 0.177. The number of methoxy groups -OCH3 is 1. The monoisotopic (exact) mass is 229 g/mol. The predicted octanol–water partition coefficient (Wildman–Crippen LogP) is 1.59. The van der Waals surface area contributed by atoms with Crippen LogP contribution < -0.4 is 0 Å². The van der Waals surface area contributed by atoms with Crippen LogP contribution in [0.4, 0.5) is 3.89 Å². The van der Waals surface area contributed by atoms with Gasteiger partial charge in [-0.25, -0.2) is 0 Å². The van der Waals surface area contributed by atoms with Crippen LogP contribution in [0, 0.1) is 0 Å². The highest BCUT2D eigenvalue weighted by Gasteiger charge is 2.18. The van der Waals surface area contributed by atoms with E-state index in [0.29, 0.717) is 6.42 Å². The maximum absolute atomic E-state index is 12.4. The smallest absolute Gasteiger partial charge is 0.374 e. The molecule has 0 heterocycles. The zero-order valence-electron chi connectivity index (χ0n) is 9.29. The summed E-state index contributed by atoms with van der Waals surface area (Å²) in [5.74, 6) is 0. The van der Waals surface area contributed by atoms with E-state index in [4.69, 9.17) is 0 Å². The molecule has 4 nitrogen and oxygen atoms in total. The minimum absolute atomic E-state index is 0.0726. The van der Waals surface area contributed by atoms with Gasteiger partial charge in [0, 0.05) is 20.2 Å². The molecule has 0 aliphatic heterocycles. The molecule has 0 spiro atoms. The van der Waals surface area contributed by atoms with Crippen LogP contribution in [0.2, 0.25) is 0 Å². The van der Waals surface area contributed by atoms with Crippen molar-refractivity contribution < 1.29 is 17.0 Å². The van der Waals surface area contributed by atoms with Gasteiger partial charge in [0.2, 0.25) is 0 Å². The average molecular weight is 229 g/mol. The summed E-state index contributed by atoms with van der Waals surface area (Å²) < 4.78 is 38.7. The molecular formula is C8H20FNO3S. The van der Waals surface area contributed by atoms with Crippen molar-refractivity contribution in [3.63, 3.8) is 0 Å². The molecule has 0 atom stereocenters. The summed E-state index contributed by atoms with van der Waals surface area (Å²) in [7, 11) is -3.11. The van der Waals surface area contributed by atoms with E-state index in [9.17, 15) is 12.3 Å². The lowest BCUT2D eigenvalue weighted by atomic mass is 10.5. The van der Waals surface area contributed by atoms with Gasteiger partial charge in [0.25, 0.3) is 0 Å². The molecule has 6 heteroatoms. The molecule has 0 saturated carbocycles. The number of hydrogen-bond acceptors (Lipinski definition) is 3. The Labute approximate surface area is 86.4 Å². The number of nitrogens with zero attached hydrogens (tertiary/aromatic N) is 1. The first kappa shape index (κ1) is 16.2. The van der Waals surface area contributed by atoms with Crippen LogP contribution in [0.25, 0.3) is 0 Å². The zero-order valence-corrected chi connectivity index (χ0v) is 10.1. The van der Waals surface area contributed by atoms with Crippen LogP contribution in [0.5, 0.6) is 0 Å². The maximum atomic E-state index is 12.4. The first-order chi connectivity index (χ1) is 6.52. The second-order valence-electron chi connectivity index (χ2n) is 2.33. The Hall–Kier alpha value is -0.200. The van der Waals surface area contributed by atoms with E-state index in [1.165, 1.54) is 7.11 Å². The van der Waals surface area contributed by atoms with E-state index in [1.54, 1.807) is 6.92 Å².